The van der Waals surface area contributed by atoms with E-state index in [4.69, 9.17) is 0 Å². The van der Waals surface area contributed by atoms with Crippen molar-refractivity contribution in [3.8, 4) is 6.07 Å². The van der Waals surface area contributed by atoms with Crippen molar-refractivity contribution in [2.24, 2.45) is 0 Å². The maximum absolute atomic E-state index is 9.19. The second-order valence-electron chi connectivity index (χ2n) is 4.14. The number of benzene rings is 1. The Labute approximate surface area is 119 Å². The number of hydrogen-bond donors (Lipinski definition) is 1. The third kappa shape index (κ3) is 2.74. The number of anilines is 1. The highest BCUT2D eigenvalue weighted by Gasteiger charge is 2.11. The number of hydrogen-bond acceptors (Lipinski definition) is 3. The number of nitrogens with zero attached hydrogens (tertiary/aromatic N) is 1. The SMILES string of the molecule is Cc1cccc(NC(C)c2cc(Br)cs2)c1C#N. The molecule has 1 unspecified atom stereocenters. The van der Waals surface area contributed by atoms with Crippen LogP contribution in [0.25, 0.3) is 0 Å². The summed E-state index contributed by atoms with van der Waals surface area (Å²) in [5, 5.41) is 14.7. The number of thiophene rings is 1. The van der Waals surface area contributed by atoms with Gasteiger partial charge in [-0.25, -0.2) is 0 Å². The van der Waals surface area contributed by atoms with E-state index >= 15 is 0 Å². The standard InChI is InChI=1S/C14H13BrN2S/c1-9-4-3-5-13(12(9)7-16)17-10(2)14-6-11(15)8-18-14/h3-6,8,10,17H,1-2H3. The Balaban J connectivity index is 2.25. The Morgan fingerprint density at radius 2 is 2.22 bits per heavy atom. The summed E-state index contributed by atoms with van der Waals surface area (Å²) in [4.78, 5) is 1.24. The van der Waals surface area contributed by atoms with Crippen molar-refractivity contribution in [1.82, 2.24) is 0 Å². The van der Waals surface area contributed by atoms with Crippen LogP contribution in [0.1, 0.15) is 29.0 Å². The van der Waals surface area contributed by atoms with Crippen LogP contribution in [0.2, 0.25) is 0 Å². The number of rotatable bonds is 3. The van der Waals surface area contributed by atoms with Gasteiger partial charge in [0, 0.05) is 14.7 Å². The molecule has 0 aliphatic rings. The molecule has 0 fully saturated rings. The van der Waals surface area contributed by atoms with Gasteiger partial charge in [0.15, 0.2) is 0 Å². The van der Waals surface area contributed by atoms with Crippen LogP contribution >= 0.6 is 27.3 Å². The molecule has 0 bridgehead atoms. The molecule has 1 atom stereocenters. The Morgan fingerprint density at radius 3 is 2.83 bits per heavy atom. The fourth-order valence-electron chi connectivity index (χ4n) is 1.80. The summed E-state index contributed by atoms with van der Waals surface area (Å²) in [5.74, 6) is 0. The van der Waals surface area contributed by atoms with Crippen LogP contribution in [0, 0.1) is 18.3 Å². The molecule has 4 heteroatoms. The first-order valence-electron chi connectivity index (χ1n) is 5.62. The quantitative estimate of drug-likeness (QED) is 0.876. The molecule has 2 aromatic rings. The molecule has 0 spiro atoms. The van der Waals surface area contributed by atoms with Crippen molar-refractivity contribution in [3.05, 3.63) is 50.1 Å². The largest absolute Gasteiger partial charge is 0.377 e. The Kier molecular flexibility index (Phi) is 4.05. The predicted molar refractivity (Wildman–Crippen MR) is 80.0 cm³/mol. The molecule has 0 saturated heterocycles. The molecule has 0 radical (unpaired) electrons. The van der Waals surface area contributed by atoms with Crippen molar-refractivity contribution < 1.29 is 0 Å². The molecule has 0 saturated carbocycles. The van der Waals surface area contributed by atoms with Crippen LogP contribution in [0.3, 0.4) is 0 Å². The second-order valence-corrected chi connectivity index (χ2v) is 6.00. The second kappa shape index (κ2) is 5.55. The molecule has 0 aliphatic carbocycles. The summed E-state index contributed by atoms with van der Waals surface area (Å²) in [6.07, 6.45) is 0. The molecule has 18 heavy (non-hydrogen) atoms. The summed E-state index contributed by atoms with van der Waals surface area (Å²) < 4.78 is 1.10. The number of nitriles is 1. The third-order valence-corrected chi connectivity index (χ3v) is 4.65. The molecular weight excluding hydrogens is 308 g/mol. The van der Waals surface area contributed by atoms with Gasteiger partial charge in [-0.15, -0.1) is 11.3 Å². The van der Waals surface area contributed by atoms with Gasteiger partial charge in [0.25, 0.3) is 0 Å². The van der Waals surface area contributed by atoms with Gasteiger partial charge in [-0.05, 0) is 47.5 Å². The summed E-state index contributed by atoms with van der Waals surface area (Å²) in [6.45, 7) is 4.05. The minimum Gasteiger partial charge on any atom is -0.377 e. The lowest BCUT2D eigenvalue weighted by Gasteiger charge is -2.15. The first-order chi connectivity index (χ1) is 8.61. The van der Waals surface area contributed by atoms with E-state index in [1.807, 2.05) is 25.1 Å². The summed E-state index contributed by atoms with van der Waals surface area (Å²) in [7, 11) is 0. The van der Waals surface area contributed by atoms with E-state index in [0.717, 1.165) is 21.3 Å². The highest BCUT2D eigenvalue weighted by Crippen LogP contribution is 2.29. The predicted octanol–water partition coefficient (Wildman–Crippen LogP) is 4.86. The Morgan fingerprint density at radius 1 is 1.44 bits per heavy atom. The van der Waals surface area contributed by atoms with Gasteiger partial charge in [-0.1, -0.05) is 12.1 Å². The van der Waals surface area contributed by atoms with E-state index in [2.05, 4.69) is 45.7 Å². The molecule has 1 aromatic heterocycles. The molecule has 1 aromatic carbocycles. The van der Waals surface area contributed by atoms with Gasteiger partial charge >= 0.3 is 0 Å². The lowest BCUT2D eigenvalue weighted by atomic mass is 10.1. The highest BCUT2D eigenvalue weighted by atomic mass is 79.9. The van der Waals surface area contributed by atoms with Crippen LogP contribution < -0.4 is 5.32 Å². The van der Waals surface area contributed by atoms with Gasteiger partial charge in [0.05, 0.1) is 17.3 Å². The van der Waals surface area contributed by atoms with E-state index in [0.29, 0.717) is 0 Å². The summed E-state index contributed by atoms with van der Waals surface area (Å²) in [5.41, 5.74) is 2.62. The van der Waals surface area contributed by atoms with E-state index in [1.165, 1.54) is 4.88 Å². The summed E-state index contributed by atoms with van der Waals surface area (Å²) in [6, 6.07) is 10.4. The van der Waals surface area contributed by atoms with E-state index < -0.39 is 0 Å². The van der Waals surface area contributed by atoms with Crippen LogP contribution in [-0.2, 0) is 0 Å². The smallest absolute Gasteiger partial charge is 0.102 e. The van der Waals surface area contributed by atoms with Gasteiger partial charge < -0.3 is 5.32 Å². The first-order valence-corrected chi connectivity index (χ1v) is 7.29. The fourth-order valence-corrected chi connectivity index (χ4v) is 3.25. The molecular formula is C14H13BrN2S. The zero-order chi connectivity index (χ0) is 13.1. The molecule has 92 valence electrons. The molecule has 1 heterocycles. The molecule has 2 nitrogen and oxygen atoms in total. The van der Waals surface area contributed by atoms with Crippen LogP contribution in [0.5, 0.6) is 0 Å². The maximum Gasteiger partial charge on any atom is 0.102 e. The monoisotopic (exact) mass is 320 g/mol. The highest BCUT2D eigenvalue weighted by molar-refractivity contribution is 9.10. The number of aryl methyl sites for hydroxylation is 1. The third-order valence-electron chi connectivity index (χ3n) is 2.77. The van der Waals surface area contributed by atoms with Crippen LogP contribution in [0.4, 0.5) is 5.69 Å². The van der Waals surface area contributed by atoms with Gasteiger partial charge in [0.1, 0.15) is 6.07 Å². The minimum atomic E-state index is 0.190. The topological polar surface area (TPSA) is 35.8 Å². The fraction of sp³-hybridized carbons (Fsp3) is 0.214. The zero-order valence-corrected chi connectivity index (χ0v) is 12.6. The van der Waals surface area contributed by atoms with E-state index in [-0.39, 0.29) is 6.04 Å². The van der Waals surface area contributed by atoms with Gasteiger partial charge in [0.2, 0.25) is 0 Å². The van der Waals surface area contributed by atoms with Crippen molar-refractivity contribution in [1.29, 1.82) is 5.26 Å². The summed E-state index contributed by atoms with van der Waals surface area (Å²) >= 11 is 5.16. The van der Waals surface area contributed by atoms with Crippen molar-refractivity contribution in [2.45, 2.75) is 19.9 Å². The van der Waals surface area contributed by atoms with Gasteiger partial charge in [-0.3, -0.25) is 0 Å². The maximum atomic E-state index is 9.19. The molecule has 2 rings (SSSR count). The zero-order valence-electron chi connectivity index (χ0n) is 10.2. The molecule has 0 amide bonds. The van der Waals surface area contributed by atoms with E-state index in [9.17, 15) is 5.26 Å². The molecule has 0 aliphatic heterocycles. The molecule has 1 N–H and O–H groups in total. The average molecular weight is 321 g/mol. The Hall–Kier alpha value is -1.31. The van der Waals surface area contributed by atoms with Crippen molar-refractivity contribution >= 4 is 33.0 Å². The average Bonchev–Trinajstić information content (AvgIpc) is 2.76. The van der Waals surface area contributed by atoms with E-state index in [1.54, 1.807) is 11.3 Å². The van der Waals surface area contributed by atoms with Crippen molar-refractivity contribution in [2.75, 3.05) is 5.32 Å². The minimum absolute atomic E-state index is 0.190. The van der Waals surface area contributed by atoms with Crippen LogP contribution in [-0.4, -0.2) is 0 Å². The van der Waals surface area contributed by atoms with Crippen molar-refractivity contribution in [3.63, 3.8) is 0 Å². The lowest BCUT2D eigenvalue weighted by molar-refractivity contribution is 0.906. The lowest BCUT2D eigenvalue weighted by Crippen LogP contribution is -2.06. The first kappa shape index (κ1) is 13.1. The van der Waals surface area contributed by atoms with Gasteiger partial charge in [-0.2, -0.15) is 5.26 Å². The number of halogens is 1. The Bertz CT molecular complexity index is 598. The van der Waals surface area contributed by atoms with Crippen LogP contribution in [0.15, 0.2) is 34.1 Å². The normalized spacial score (nSPS) is 11.9. The number of nitrogens with one attached hydrogen (secondary N) is 1.